The van der Waals surface area contributed by atoms with Gasteiger partial charge in [-0.1, -0.05) is 12.5 Å². The van der Waals surface area contributed by atoms with Crippen molar-refractivity contribution in [3.8, 4) is 11.8 Å². The Morgan fingerprint density at radius 1 is 1.53 bits per heavy atom. The Kier molecular flexibility index (Phi) is 10.5. The van der Waals surface area contributed by atoms with E-state index < -0.39 is 15.2 Å². The van der Waals surface area contributed by atoms with E-state index in [0.717, 1.165) is 18.5 Å². The van der Waals surface area contributed by atoms with Crippen LogP contribution in [0.5, 0.6) is 0 Å². The molecule has 2 N–H and O–H groups in total. The average Bonchev–Trinajstić information content (AvgIpc) is 2.26. The van der Waals surface area contributed by atoms with Crippen LogP contribution >= 0.6 is 32.5 Å². The van der Waals surface area contributed by atoms with Crippen LogP contribution in [0.4, 0.5) is 4.79 Å². The molecule has 0 fully saturated rings. The second kappa shape index (κ2) is 10.7. The highest BCUT2D eigenvalue weighted by molar-refractivity contribution is 9.08. The molecule has 0 aliphatic rings. The maximum absolute atomic E-state index is 11.1. The van der Waals surface area contributed by atoms with E-state index in [-0.39, 0.29) is 6.61 Å². The molecule has 0 rings (SSSR count). The molecule has 0 aromatic carbocycles. The van der Waals surface area contributed by atoms with Gasteiger partial charge in [0.1, 0.15) is 6.61 Å². The Balaban J connectivity index is 3.54. The fourth-order valence-electron chi connectivity index (χ4n) is 0.828. The van der Waals surface area contributed by atoms with E-state index in [1.54, 1.807) is 6.92 Å². The number of alkyl carbamates (subject to hydrolysis) is 1. The summed E-state index contributed by atoms with van der Waals surface area (Å²) < 4.78 is 7.99. The Labute approximate surface area is 115 Å². The zero-order valence-corrected chi connectivity index (χ0v) is 12.4. The molecule has 0 aliphatic heterocycles. The van der Waals surface area contributed by atoms with Gasteiger partial charge in [0.25, 0.3) is 0 Å². The van der Waals surface area contributed by atoms with E-state index in [1.807, 2.05) is 0 Å². The van der Waals surface area contributed by atoms with Crippen LogP contribution in [-0.4, -0.2) is 25.8 Å². The number of carbonyl (C=O) groups excluding carboxylic acids is 1. The molecule has 0 unspecified atom stereocenters. The Hall–Kier alpha value is -0.420. The standard InChI is InChI=1S/C10H18N2O2S3/c1-3-4-6-11-10(13)14-8-9(2)5-7-12-17(15)16/h12,15-17H,2,5-8H2,1H3,(H,11,13). The number of nitrogens with one attached hydrogen (secondary N) is 2. The number of hydrogen-bond acceptors (Lipinski definition) is 5. The minimum atomic E-state index is -0.700. The van der Waals surface area contributed by atoms with Gasteiger partial charge < -0.3 is 10.1 Å². The predicted octanol–water partition coefficient (Wildman–Crippen LogP) is 1.88. The quantitative estimate of drug-likeness (QED) is 0.216. The summed E-state index contributed by atoms with van der Waals surface area (Å²) in [5, 5.41) is 2.50. The third-order valence-corrected chi connectivity index (χ3v) is 2.99. The van der Waals surface area contributed by atoms with Crippen LogP contribution in [0, 0.1) is 11.8 Å². The molecule has 0 radical (unpaired) electrons. The normalized spacial score (nSPS) is 9.94. The summed E-state index contributed by atoms with van der Waals surface area (Å²) in [6, 6.07) is 0. The largest absolute Gasteiger partial charge is 0.445 e. The highest BCUT2D eigenvalue weighted by atomic mass is 33.5. The number of thiol groups is 3. The maximum Gasteiger partial charge on any atom is 0.408 e. The van der Waals surface area contributed by atoms with Gasteiger partial charge in [0, 0.05) is 6.54 Å². The van der Waals surface area contributed by atoms with Crippen LogP contribution in [-0.2, 0) is 4.74 Å². The molecule has 0 saturated heterocycles. The molecule has 1 amide bonds. The van der Waals surface area contributed by atoms with Gasteiger partial charge in [-0.2, -0.15) is 0 Å². The molecule has 0 aromatic rings. The third-order valence-electron chi connectivity index (χ3n) is 1.64. The topological polar surface area (TPSA) is 50.4 Å². The van der Waals surface area contributed by atoms with E-state index in [2.05, 4.69) is 51.8 Å². The first-order valence-corrected chi connectivity index (χ1v) is 8.59. The molecule has 0 atom stereocenters. The van der Waals surface area contributed by atoms with Crippen LogP contribution in [0.1, 0.15) is 13.3 Å². The molecule has 0 aliphatic carbocycles. The van der Waals surface area contributed by atoms with Gasteiger partial charge in [-0.25, -0.2) is 4.79 Å². The van der Waals surface area contributed by atoms with Gasteiger partial charge in [-0.15, -0.1) is 38.4 Å². The molecule has 0 bridgehead atoms. The molecule has 7 heteroatoms. The molecule has 0 aromatic heterocycles. The minimum Gasteiger partial charge on any atom is -0.445 e. The second-order valence-electron chi connectivity index (χ2n) is 3.05. The molecule has 0 saturated carbocycles. The van der Waals surface area contributed by atoms with Gasteiger partial charge in [-0.3, -0.25) is 4.72 Å². The zero-order valence-electron chi connectivity index (χ0n) is 9.69. The van der Waals surface area contributed by atoms with Crippen molar-refractivity contribution in [3.63, 3.8) is 0 Å². The Morgan fingerprint density at radius 2 is 2.24 bits per heavy atom. The van der Waals surface area contributed by atoms with Crippen molar-refractivity contribution in [2.24, 2.45) is 0 Å². The lowest BCUT2D eigenvalue weighted by molar-refractivity contribution is 0.156. The van der Waals surface area contributed by atoms with E-state index in [0.29, 0.717) is 6.54 Å². The fraction of sp³-hybridized carbons (Fsp3) is 0.500. The molecule has 0 heterocycles. The van der Waals surface area contributed by atoms with Crippen molar-refractivity contribution < 1.29 is 9.53 Å². The van der Waals surface area contributed by atoms with Gasteiger partial charge in [0.05, 0.1) is 6.54 Å². The van der Waals surface area contributed by atoms with Crippen molar-refractivity contribution >= 4 is 38.6 Å². The summed E-state index contributed by atoms with van der Waals surface area (Å²) in [6.45, 7) is 6.75. The lowest BCUT2D eigenvalue weighted by atomic mass is 10.2. The highest BCUT2D eigenvalue weighted by Gasteiger charge is 2.02. The van der Waals surface area contributed by atoms with Crippen molar-refractivity contribution in [2.45, 2.75) is 13.3 Å². The van der Waals surface area contributed by atoms with Crippen LogP contribution in [0.15, 0.2) is 12.2 Å². The van der Waals surface area contributed by atoms with Crippen molar-refractivity contribution in [1.82, 2.24) is 10.0 Å². The highest BCUT2D eigenvalue weighted by Crippen LogP contribution is 2.29. The summed E-state index contributed by atoms with van der Waals surface area (Å²) in [7, 11) is -0.700. The number of amides is 1. The maximum atomic E-state index is 11.1. The van der Waals surface area contributed by atoms with Gasteiger partial charge >= 0.3 is 6.09 Å². The lowest BCUT2D eigenvalue weighted by Crippen LogP contribution is -2.25. The fourth-order valence-corrected chi connectivity index (χ4v) is 1.74. The number of hydrogen-bond donors (Lipinski definition) is 5. The van der Waals surface area contributed by atoms with Crippen LogP contribution in [0.2, 0.25) is 0 Å². The second-order valence-corrected chi connectivity index (χ2v) is 7.30. The van der Waals surface area contributed by atoms with Crippen LogP contribution < -0.4 is 10.0 Å². The van der Waals surface area contributed by atoms with Gasteiger partial charge in [-0.05, 0) is 18.9 Å². The van der Waals surface area contributed by atoms with Crippen molar-refractivity contribution in [1.29, 1.82) is 0 Å². The van der Waals surface area contributed by atoms with E-state index in [9.17, 15) is 4.79 Å². The third kappa shape index (κ3) is 11.8. The summed E-state index contributed by atoms with van der Waals surface area (Å²) in [6.07, 6.45) is 0.245. The van der Waals surface area contributed by atoms with Gasteiger partial charge in [0.15, 0.2) is 0 Å². The first-order valence-electron chi connectivity index (χ1n) is 4.94. The SMILES string of the molecule is C=C(CCN[SH](S)S)COC(=O)NCC#CC. The number of carbonyl (C=O) groups is 1. The summed E-state index contributed by atoms with van der Waals surface area (Å²) in [5.41, 5.74) is 0.841. The Bertz CT molecular complexity index is 310. The van der Waals surface area contributed by atoms with Gasteiger partial charge in [0.2, 0.25) is 0 Å². The minimum absolute atomic E-state index is 0.212. The summed E-state index contributed by atoms with van der Waals surface area (Å²) >= 11 is 8.23. The Morgan fingerprint density at radius 3 is 2.82 bits per heavy atom. The first-order chi connectivity index (χ1) is 8.06. The van der Waals surface area contributed by atoms with E-state index >= 15 is 0 Å². The smallest absolute Gasteiger partial charge is 0.408 e. The average molecular weight is 294 g/mol. The zero-order chi connectivity index (χ0) is 13.1. The van der Waals surface area contributed by atoms with Crippen molar-refractivity contribution in [2.75, 3.05) is 19.7 Å². The molecule has 98 valence electrons. The number of rotatable bonds is 7. The summed E-state index contributed by atoms with van der Waals surface area (Å²) in [4.78, 5) is 11.1. The first kappa shape index (κ1) is 16.6. The van der Waals surface area contributed by atoms with E-state index in [4.69, 9.17) is 4.74 Å². The van der Waals surface area contributed by atoms with Crippen molar-refractivity contribution in [3.05, 3.63) is 12.2 Å². The van der Waals surface area contributed by atoms with Crippen LogP contribution in [0.25, 0.3) is 0 Å². The summed E-state index contributed by atoms with van der Waals surface area (Å²) in [5.74, 6) is 5.37. The van der Waals surface area contributed by atoms with Crippen LogP contribution in [0.3, 0.4) is 0 Å². The van der Waals surface area contributed by atoms with E-state index in [1.165, 1.54) is 0 Å². The molecular weight excluding hydrogens is 276 g/mol. The predicted molar refractivity (Wildman–Crippen MR) is 81.5 cm³/mol. The molecule has 4 nitrogen and oxygen atoms in total. The molecular formula is C10H18N2O2S3. The molecule has 17 heavy (non-hydrogen) atoms. The molecule has 0 spiro atoms. The lowest BCUT2D eigenvalue weighted by Gasteiger charge is -2.11. The number of ether oxygens (including phenoxy) is 1. The monoisotopic (exact) mass is 294 g/mol.